The molecule has 4 rings (SSSR count). The van der Waals surface area contributed by atoms with E-state index in [-0.39, 0.29) is 6.10 Å². The molecule has 25 heavy (non-hydrogen) atoms. The first-order chi connectivity index (χ1) is 12.1. The predicted molar refractivity (Wildman–Crippen MR) is 97.3 cm³/mol. The largest absolute Gasteiger partial charge is 0.389 e. The van der Waals surface area contributed by atoms with E-state index in [1.807, 2.05) is 24.8 Å². The van der Waals surface area contributed by atoms with Crippen LogP contribution in [-0.4, -0.2) is 52.5 Å². The summed E-state index contributed by atoms with van der Waals surface area (Å²) < 4.78 is 5.52. The van der Waals surface area contributed by atoms with Crippen LogP contribution in [0.25, 0.3) is 0 Å². The summed E-state index contributed by atoms with van der Waals surface area (Å²) in [5, 5.41) is 14.1. The standard InChI is InChI=1S/C17H23N5O2S/c1-10-15(25-11(2)19-10)6-18-16-5-14(12-3-4-24-9-12)20-17(21-16)22-7-13(23)8-22/h5,12-13,23H,3-4,6-9H2,1-2H3,(H,18,20,21)/t12-/m0/s1. The van der Waals surface area contributed by atoms with Crippen molar-refractivity contribution < 1.29 is 9.84 Å². The van der Waals surface area contributed by atoms with Crippen molar-refractivity contribution in [2.45, 2.75) is 38.8 Å². The highest BCUT2D eigenvalue weighted by Gasteiger charge is 2.28. The zero-order valence-electron chi connectivity index (χ0n) is 14.5. The van der Waals surface area contributed by atoms with Crippen molar-refractivity contribution in [3.05, 3.63) is 27.3 Å². The third-order valence-electron chi connectivity index (χ3n) is 4.66. The van der Waals surface area contributed by atoms with Gasteiger partial charge in [0.1, 0.15) is 5.82 Å². The van der Waals surface area contributed by atoms with Crippen molar-refractivity contribution in [3.8, 4) is 0 Å². The van der Waals surface area contributed by atoms with E-state index in [4.69, 9.17) is 9.72 Å². The SMILES string of the molecule is Cc1nc(C)c(CNc2cc([C@H]3CCOC3)nc(N3CC(O)C3)n2)s1. The minimum absolute atomic E-state index is 0.277. The maximum absolute atomic E-state index is 9.58. The van der Waals surface area contributed by atoms with Crippen LogP contribution in [0.15, 0.2) is 6.07 Å². The van der Waals surface area contributed by atoms with Crippen molar-refractivity contribution in [1.82, 2.24) is 15.0 Å². The van der Waals surface area contributed by atoms with Gasteiger partial charge in [-0.15, -0.1) is 11.3 Å². The molecule has 2 saturated heterocycles. The number of nitrogens with zero attached hydrogens (tertiary/aromatic N) is 4. The number of aromatic nitrogens is 3. The van der Waals surface area contributed by atoms with Gasteiger partial charge in [0.25, 0.3) is 0 Å². The summed E-state index contributed by atoms with van der Waals surface area (Å²) >= 11 is 1.71. The topological polar surface area (TPSA) is 83.4 Å². The Morgan fingerprint density at radius 3 is 2.80 bits per heavy atom. The molecule has 0 spiro atoms. The molecule has 2 N–H and O–H groups in total. The van der Waals surface area contributed by atoms with E-state index in [2.05, 4.69) is 15.3 Å². The number of rotatable bonds is 5. The lowest BCUT2D eigenvalue weighted by atomic mass is 10.0. The second kappa shape index (κ2) is 6.86. The molecule has 2 fully saturated rings. The number of anilines is 2. The van der Waals surface area contributed by atoms with Crippen LogP contribution in [0.2, 0.25) is 0 Å². The molecule has 1 atom stereocenters. The molecule has 4 heterocycles. The number of aliphatic hydroxyl groups excluding tert-OH is 1. The molecule has 134 valence electrons. The molecule has 0 radical (unpaired) electrons. The number of hydrogen-bond donors (Lipinski definition) is 2. The van der Waals surface area contributed by atoms with Gasteiger partial charge < -0.3 is 20.1 Å². The first kappa shape index (κ1) is 16.7. The van der Waals surface area contributed by atoms with Crippen molar-refractivity contribution in [1.29, 1.82) is 0 Å². The Morgan fingerprint density at radius 1 is 1.32 bits per heavy atom. The molecule has 0 unspecified atom stereocenters. The van der Waals surface area contributed by atoms with Gasteiger partial charge in [-0.2, -0.15) is 4.98 Å². The monoisotopic (exact) mass is 361 g/mol. The zero-order chi connectivity index (χ0) is 17.4. The second-order valence-electron chi connectivity index (χ2n) is 6.69. The van der Waals surface area contributed by atoms with E-state index in [0.717, 1.165) is 35.2 Å². The fourth-order valence-corrected chi connectivity index (χ4v) is 4.07. The van der Waals surface area contributed by atoms with Crippen LogP contribution in [0, 0.1) is 13.8 Å². The van der Waals surface area contributed by atoms with Crippen molar-refractivity contribution in [2.75, 3.05) is 36.5 Å². The van der Waals surface area contributed by atoms with E-state index in [1.54, 1.807) is 11.3 Å². The molecule has 2 aromatic rings. The van der Waals surface area contributed by atoms with Crippen LogP contribution in [0.5, 0.6) is 0 Å². The minimum Gasteiger partial charge on any atom is -0.389 e. The number of hydrogen-bond acceptors (Lipinski definition) is 8. The third kappa shape index (κ3) is 3.61. The molecule has 0 saturated carbocycles. The number of β-amino-alcohol motifs (C(OH)–C–C–N with tert-alkyl or cyclic N) is 1. The second-order valence-corrected chi connectivity index (χ2v) is 7.98. The molecule has 0 aliphatic carbocycles. The lowest BCUT2D eigenvalue weighted by molar-refractivity contribution is 0.140. The molecule has 2 aliphatic heterocycles. The normalized spacial score (nSPS) is 20.8. The summed E-state index contributed by atoms with van der Waals surface area (Å²) in [4.78, 5) is 17.1. The molecule has 8 heteroatoms. The fourth-order valence-electron chi connectivity index (χ4n) is 3.19. The van der Waals surface area contributed by atoms with Crippen molar-refractivity contribution in [2.24, 2.45) is 0 Å². The van der Waals surface area contributed by atoms with Gasteiger partial charge in [0, 0.05) is 36.6 Å². The van der Waals surface area contributed by atoms with Crippen LogP contribution in [0.3, 0.4) is 0 Å². The first-order valence-electron chi connectivity index (χ1n) is 8.65. The van der Waals surface area contributed by atoms with Gasteiger partial charge >= 0.3 is 0 Å². The average molecular weight is 361 g/mol. The van der Waals surface area contributed by atoms with Crippen molar-refractivity contribution >= 4 is 23.1 Å². The number of nitrogens with one attached hydrogen (secondary N) is 1. The quantitative estimate of drug-likeness (QED) is 0.841. The highest BCUT2D eigenvalue weighted by Crippen LogP contribution is 2.28. The Balaban J connectivity index is 1.55. The Kier molecular flexibility index (Phi) is 4.58. The molecule has 0 aromatic carbocycles. The van der Waals surface area contributed by atoms with Gasteiger partial charge in [0.05, 0.1) is 35.7 Å². The molecule has 0 amide bonds. The van der Waals surface area contributed by atoms with Crippen LogP contribution in [-0.2, 0) is 11.3 Å². The molecule has 7 nitrogen and oxygen atoms in total. The Labute approximate surface area is 151 Å². The fraction of sp³-hybridized carbons (Fsp3) is 0.588. The molecular formula is C17H23N5O2S. The van der Waals surface area contributed by atoms with Crippen LogP contribution >= 0.6 is 11.3 Å². The van der Waals surface area contributed by atoms with Gasteiger partial charge in [0.15, 0.2) is 0 Å². The zero-order valence-corrected chi connectivity index (χ0v) is 15.3. The van der Waals surface area contributed by atoms with Gasteiger partial charge in [-0.05, 0) is 20.3 Å². The lowest BCUT2D eigenvalue weighted by Crippen LogP contribution is -2.51. The maximum atomic E-state index is 9.58. The number of ether oxygens (including phenoxy) is 1. The van der Waals surface area contributed by atoms with Crippen molar-refractivity contribution in [3.63, 3.8) is 0 Å². The third-order valence-corrected chi connectivity index (χ3v) is 5.73. The highest BCUT2D eigenvalue weighted by atomic mass is 32.1. The predicted octanol–water partition coefficient (Wildman–Crippen LogP) is 1.85. The summed E-state index contributed by atoms with van der Waals surface area (Å²) in [5.41, 5.74) is 2.09. The Hall–Kier alpha value is -1.77. The van der Waals surface area contributed by atoms with Gasteiger partial charge in [-0.1, -0.05) is 0 Å². The summed E-state index contributed by atoms with van der Waals surface area (Å²) in [6.45, 7) is 7.46. The van der Waals surface area contributed by atoms with E-state index in [9.17, 15) is 5.11 Å². The van der Waals surface area contributed by atoms with E-state index < -0.39 is 0 Å². The van der Waals surface area contributed by atoms with Gasteiger partial charge in [-0.25, -0.2) is 9.97 Å². The molecule has 2 aromatic heterocycles. The van der Waals surface area contributed by atoms with Crippen LogP contribution < -0.4 is 10.2 Å². The van der Waals surface area contributed by atoms with Crippen LogP contribution in [0.1, 0.15) is 33.6 Å². The first-order valence-corrected chi connectivity index (χ1v) is 9.46. The Bertz CT molecular complexity index is 753. The highest BCUT2D eigenvalue weighted by molar-refractivity contribution is 7.11. The average Bonchev–Trinajstić information content (AvgIpc) is 3.19. The maximum Gasteiger partial charge on any atom is 0.227 e. The summed E-state index contributed by atoms with van der Waals surface area (Å²) in [6.07, 6.45) is 0.715. The summed E-state index contributed by atoms with van der Waals surface area (Å²) in [6, 6.07) is 2.03. The summed E-state index contributed by atoms with van der Waals surface area (Å²) in [7, 11) is 0. The smallest absolute Gasteiger partial charge is 0.227 e. The van der Waals surface area contributed by atoms with Gasteiger partial charge in [-0.3, -0.25) is 0 Å². The summed E-state index contributed by atoms with van der Waals surface area (Å²) in [5.74, 6) is 1.83. The Morgan fingerprint density at radius 2 is 2.16 bits per heavy atom. The van der Waals surface area contributed by atoms with Gasteiger partial charge in [0.2, 0.25) is 5.95 Å². The van der Waals surface area contributed by atoms with E-state index in [1.165, 1.54) is 4.88 Å². The van der Waals surface area contributed by atoms with Crippen LogP contribution in [0.4, 0.5) is 11.8 Å². The number of aliphatic hydroxyl groups is 1. The van der Waals surface area contributed by atoms with E-state index in [0.29, 0.717) is 38.1 Å². The lowest BCUT2D eigenvalue weighted by Gasteiger charge is -2.36. The molecular weight excluding hydrogens is 338 g/mol. The van der Waals surface area contributed by atoms with E-state index >= 15 is 0 Å². The molecule has 2 aliphatic rings. The minimum atomic E-state index is -0.277. The molecule has 0 bridgehead atoms. The number of thiazole rings is 1. The number of aryl methyl sites for hydroxylation is 2.